The third-order valence-corrected chi connectivity index (χ3v) is 3.05. The van der Waals surface area contributed by atoms with E-state index in [1.165, 1.54) is 6.07 Å². The average Bonchev–Trinajstić information content (AvgIpc) is 2.28. The molecular formula is C12H15BrFNO2. The van der Waals surface area contributed by atoms with E-state index in [2.05, 4.69) is 21.2 Å². The molecule has 3 nitrogen and oxygen atoms in total. The summed E-state index contributed by atoms with van der Waals surface area (Å²) in [6.45, 7) is 2.00. The summed E-state index contributed by atoms with van der Waals surface area (Å²) in [7, 11) is 0. The smallest absolute Gasteiger partial charge is 0.326 e. The molecule has 1 aromatic rings. The molecule has 94 valence electrons. The van der Waals surface area contributed by atoms with Crippen LogP contribution in [0.3, 0.4) is 0 Å². The first kappa shape index (κ1) is 14.0. The summed E-state index contributed by atoms with van der Waals surface area (Å²) in [5.41, 5.74) is 0.481. The fourth-order valence-electron chi connectivity index (χ4n) is 1.45. The number of nitrogens with one attached hydrogen (secondary N) is 1. The highest BCUT2D eigenvalue weighted by Gasteiger charge is 2.16. The van der Waals surface area contributed by atoms with Crippen LogP contribution < -0.4 is 5.32 Å². The molecule has 1 atom stereocenters. The summed E-state index contributed by atoms with van der Waals surface area (Å²) in [6.07, 6.45) is 2.28. The van der Waals surface area contributed by atoms with Crippen molar-refractivity contribution in [3.63, 3.8) is 0 Å². The minimum atomic E-state index is -0.915. The molecule has 0 aliphatic heterocycles. The molecule has 0 saturated heterocycles. The van der Waals surface area contributed by atoms with E-state index >= 15 is 0 Å². The predicted octanol–water partition coefficient (Wildman–Crippen LogP) is 3.64. The highest BCUT2D eigenvalue weighted by Crippen LogP contribution is 2.20. The number of unbranched alkanes of at least 4 members (excludes halogenated alkanes) is 1. The van der Waals surface area contributed by atoms with Crippen LogP contribution in [0, 0.1) is 5.82 Å². The Morgan fingerprint density at radius 1 is 1.59 bits per heavy atom. The van der Waals surface area contributed by atoms with Gasteiger partial charge in [-0.15, -0.1) is 0 Å². The molecule has 0 heterocycles. The fraction of sp³-hybridized carbons (Fsp3) is 0.417. The Kier molecular flexibility index (Phi) is 5.41. The van der Waals surface area contributed by atoms with Crippen molar-refractivity contribution in [1.82, 2.24) is 0 Å². The molecule has 0 radical (unpaired) electrons. The Morgan fingerprint density at radius 3 is 2.82 bits per heavy atom. The first-order valence-corrected chi connectivity index (χ1v) is 6.28. The Hall–Kier alpha value is -1.10. The lowest BCUT2D eigenvalue weighted by molar-refractivity contribution is -0.138. The number of carbonyl (C=O) groups is 1. The zero-order valence-corrected chi connectivity index (χ0v) is 11.1. The van der Waals surface area contributed by atoms with Gasteiger partial charge in [0, 0.05) is 5.69 Å². The molecule has 0 bridgehead atoms. The van der Waals surface area contributed by atoms with Crippen LogP contribution in [0.15, 0.2) is 22.7 Å². The second kappa shape index (κ2) is 6.59. The summed E-state index contributed by atoms with van der Waals surface area (Å²) in [6, 6.07) is 3.81. The topological polar surface area (TPSA) is 49.3 Å². The molecule has 2 N–H and O–H groups in total. The summed E-state index contributed by atoms with van der Waals surface area (Å²) in [4.78, 5) is 11.0. The van der Waals surface area contributed by atoms with Crippen LogP contribution in [0.5, 0.6) is 0 Å². The molecule has 0 aliphatic carbocycles. The van der Waals surface area contributed by atoms with E-state index < -0.39 is 17.8 Å². The Balaban J connectivity index is 2.71. The molecule has 5 heteroatoms. The van der Waals surface area contributed by atoms with E-state index in [0.29, 0.717) is 16.6 Å². The van der Waals surface area contributed by atoms with Gasteiger partial charge in [0.2, 0.25) is 0 Å². The lowest BCUT2D eigenvalue weighted by Gasteiger charge is -2.15. The Morgan fingerprint density at radius 2 is 2.29 bits per heavy atom. The van der Waals surface area contributed by atoms with Gasteiger partial charge in [0.15, 0.2) is 0 Å². The van der Waals surface area contributed by atoms with Gasteiger partial charge in [-0.2, -0.15) is 0 Å². The van der Waals surface area contributed by atoms with Gasteiger partial charge in [-0.25, -0.2) is 9.18 Å². The molecule has 0 saturated carbocycles. The number of halogens is 2. The maximum absolute atomic E-state index is 13.2. The van der Waals surface area contributed by atoms with E-state index in [4.69, 9.17) is 5.11 Å². The molecule has 1 unspecified atom stereocenters. The standard InChI is InChI=1S/C12H15BrFNO2/c1-2-3-4-11(12(16)17)15-8-5-6-9(13)10(14)7-8/h5-7,11,15H,2-4H2,1H3,(H,16,17). The predicted molar refractivity (Wildman–Crippen MR) is 68.7 cm³/mol. The first-order valence-electron chi connectivity index (χ1n) is 5.49. The van der Waals surface area contributed by atoms with E-state index in [9.17, 15) is 9.18 Å². The molecule has 0 aromatic heterocycles. The van der Waals surface area contributed by atoms with Crippen molar-refractivity contribution >= 4 is 27.6 Å². The van der Waals surface area contributed by atoms with Gasteiger partial charge in [-0.1, -0.05) is 19.8 Å². The molecule has 0 amide bonds. The molecule has 1 aromatic carbocycles. The maximum Gasteiger partial charge on any atom is 0.326 e. The van der Waals surface area contributed by atoms with Gasteiger partial charge in [0.05, 0.1) is 4.47 Å². The van der Waals surface area contributed by atoms with E-state index in [0.717, 1.165) is 12.8 Å². The Labute approximate surface area is 108 Å². The normalized spacial score (nSPS) is 12.2. The third kappa shape index (κ3) is 4.34. The van der Waals surface area contributed by atoms with Crippen molar-refractivity contribution in [3.05, 3.63) is 28.5 Å². The van der Waals surface area contributed by atoms with Crippen molar-refractivity contribution < 1.29 is 14.3 Å². The zero-order valence-electron chi connectivity index (χ0n) is 9.54. The molecule has 17 heavy (non-hydrogen) atoms. The number of anilines is 1. The molecule has 0 aliphatic rings. The number of rotatable bonds is 6. The fourth-order valence-corrected chi connectivity index (χ4v) is 1.70. The number of carboxylic acid groups (broad SMARTS) is 1. The lowest BCUT2D eigenvalue weighted by Crippen LogP contribution is -2.29. The van der Waals surface area contributed by atoms with Crippen molar-refractivity contribution in [1.29, 1.82) is 0 Å². The largest absolute Gasteiger partial charge is 0.480 e. The van der Waals surface area contributed by atoms with Crippen LogP contribution in [-0.4, -0.2) is 17.1 Å². The van der Waals surface area contributed by atoms with Crippen molar-refractivity contribution in [2.24, 2.45) is 0 Å². The van der Waals surface area contributed by atoms with Crippen molar-refractivity contribution in [2.45, 2.75) is 32.2 Å². The highest BCUT2D eigenvalue weighted by atomic mass is 79.9. The van der Waals surface area contributed by atoms with Gasteiger partial charge in [0.25, 0.3) is 0 Å². The number of carboxylic acids is 1. The van der Waals surface area contributed by atoms with Crippen LogP contribution in [0.25, 0.3) is 0 Å². The highest BCUT2D eigenvalue weighted by molar-refractivity contribution is 9.10. The van der Waals surface area contributed by atoms with Crippen LogP contribution in [0.2, 0.25) is 0 Å². The van der Waals surface area contributed by atoms with Crippen molar-refractivity contribution in [2.75, 3.05) is 5.32 Å². The van der Waals surface area contributed by atoms with Crippen LogP contribution in [0.4, 0.5) is 10.1 Å². The Bertz CT molecular complexity index is 398. The summed E-state index contributed by atoms with van der Waals surface area (Å²) in [5.74, 6) is -1.32. The van der Waals surface area contributed by atoms with Gasteiger partial charge in [-0.3, -0.25) is 0 Å². The molecule has 1 rings (SSSR count). The van der Waals surface area contributed by atoms with Crippen molar-refractivity contribution in [3.8, 4) is 0 Å². The molecule has 0 fully saturated rings. The molecule has 0 spiro atoms. The summed E-state index contributed by atoms with van der Waals surface area (Å²) in [5, 5.41) is 11.8. The van der Waals surface area contributed by atoms with E-state index in [1.54, 1.807) is 12.1 Å². The van der Waals surface area contributed by atoms with Crippen LogP contribution in [0.1, 0.15) is 26.2 Å². The quantitative estimate of drug-likeness (QED) is 0.843. The van der Waals surface area contributed by atoms with Crippen LogP contribution >= 0.6 is 15.9 Å². The number of hydrogen-bond donors (Lipinski definition) is 2. The van der Waals surface area contributed by atoms with E-state index in [-0.39, 0.29) is 0 Å². The van der Waals surface area contributed by atoms with E-state index in [1.807, 2.05) is 6.92 Å². The monoisotopic (exact) mass is 303 g/mol. The average molecular weight is 304 g/mol. The zero-order chi connectivity index (χ0) is 12.8. The minimum absolute atomic E-state index is 0.364. The van der Waals surface area contributed by atoms with Crippen LogP contribution in [-0.2, 0) is 4.79 Å². The number of benzene rings is 1. The van der Waals surface area contributed by atoms with Gasteiger partial charge >= 0.3 is 5.97 Å². The van der Waals surface area contributed by atoms with Gasteiger partial charge in [0.1, 0.15) is 11.9 Å². The number of aliphatic carboxylic acids is 1. The second-order valence-electron chi connectivity index (χ2n) is 3.81. The molecular weight excluding hydrogens is 289 g/mol. The lowest BCUT2D eigenvalue weighted by atomic mass is 10.1. The second-order valence-corrected chi connectivity index (χ2v) is 4.66. The minimum Gasteiger partial charge on any atom is -0.480 e. The maximum atomic E-state index is 13.2. The third-order valence-electron chi connectivity index (χ3n) is 2.40. The number of hydrogen-bond acceptors (Lipinski definition) is 2. The SMILES string of the molecule is CCCCC(Nc1ccc(Br)c(F)c1)C(=O)O. The first-order chi connectivity index (χ1) is 8.04. The van der Waals surface area contributed by atoms with Gasteiger partial charge in [-0.05, 0) is 40.5 Å². The summed E-state index contributed by atoms with van der Waals surface area (Å²) >= 11 is 3.05. The summed E-state index contributed by atoms with van der Waals surface area (Å²) < 4.78 is 13.6. The van der Waals surface area contributed by atoms with Gasteiger partial charge < -0.3 is 10.4 Å².